The molecular formula is C25H27NO2. The summed E-state index contributed by atoms with van der Waals surface area (Å²) in [5.41, 5.74) is 5.33. The van der Waals surface area contributed by atoms with Crippen molar-refractivity contribution in [1.29, 1.82) is 0 Å². The molecule has 0 fully saturated rings. The van der Waals surface area contributed by atoms with Crippen molar-refractivity contribution in [3.05, 3.63) is 101 Å². The predicted molar refractivity (Wildman–Crippen MR) is 114 cm³/mol. The molecule has 144 valence electrons. The van der Waals surface area contributed by atoms with E-state index in [4.69, 9.17) is 4.74 Å². The van der Waals surface area contributed by atoms with Crippen molar-refractivity contribution in [2.75, 3.05) is 0 Å². The third kappa shape index (κ3) is 5.01. The molecule has 1 amide bonds. The summed E-state index contributed by atoms with van der Waals surface area (Å²) in [5.74, 6) is 0.603. The molecular weight excluding hydrogens is 346 g/mol. The van der Waals surface area contributed by atoms with E-state index in [9.17, 15) is 4.79 Å². The van der Waals surface area contributed by atoms with E-state index >= 15 is 0 Å². The highest BCUT2D eigenvalue weighted by atomic mass is 16.5. The first kappa shape index (κ1) is 19.7. The van der Waals surface area contributed by atoms with E-state index in [1.54, 1.807) is 6.07 Å². The zero-order valence-electron chi connectivity index (χ0n) is 16.7. The van der Waals surface area contributed by atoms with E-state index in [1.165, 1.54) is 11.1 Å². The molecule has 3 rings (SSSR count). The highest BCUT2D eigenvalue weighted by Crippen LogP contribution is 2.21. The van der Waals surface area contributed by atoms with Gasteiger partial charge in [0.25, 0.3) is 5.91 Å². The molecule has 0 radical (unpaired) electrons. The number of nitrogens with one attached hydrogen (secondary N) is 1. The Morgan fingerprint density at radius 2 is 1.71 bits per heavy atom. The average molecular weight is 373 g/mol. The molecule has 1 atom stereocenters. The molecule has 0 saturated carbocycles. The molecule has 0 aliphatic carbocycles. The number of carbonyl (C=O) groups excluding carboxylic acids is 1. The quantitative estimate of drug-likeness (QED) is 0.571. The lowest BCUT2D eigenvalue weighted by Gasteiger charge is -2.19. The fraction of sp³-hybridized carbons (Fsp3) is 0.240. The number of benzene rings is 3. The maximum Gasteiger partial charge on any atom is 0.251 e. The SMILES string of the molecule is CC[C@H](NC(=O)c1cccc(OCc2ccccc2)c1)c1ccc(C)c(C)c1. The van der Waals surface area contributed by atoms with Crippen LogP contribution in [0.15, 0.2) is 72.8 Å². The maximum absolute atomic E-state index is 12.8. The number of amides is 1. The van der Waals surface area contributed by atoms with Crippen LogP contribution < -0.4 is 10.1 Å². The van der Waals surface area contributed by atoms with Crippen LogP contribution >= 0.6 is 0 Å². The fourth-order valence-corrected chi connectivity index (χ4v) is 3.11. The molecule has 0 spiro atoms. The number of ether oxygens (including phenoxy) is 1. The van der Waals surface area contributed by atoms with Gasteiger partial charge in [0.05, 0.1) is 6.04 Å². The summed E-state index contributed by atoms with van der Waals surface area (Å²) in [4.78, 5) is 12.8. The molecule has 0 aromatic heterocycles. The topological polar surface area (TPSA) is 38.3 Å². The van der Waals surface area contributed by atoms with Crippen LogP contribution in [-0.4, -0.2) is 5.91 Å². The fourth-order valence-electron chi connectivity index (χ4n) is 3.11. The summed E-state index contributed by atoms with van der Waals surface area (Å²) in [5, 5.41) is 3.15. The first-order valence-corrected chi connectivity index (χ1v) is 9.71. The molecule has 0 bridgehead atoms. The maximum atomic E-state index is 12.8. The first-order chi connectivity index (χ1) is 13.6. The van der Waals surface area contributed by atoms with Crippen molar-refractivity contribution in [1.82, 2.24) is 5.32 Å². The summed E-state index contributed by atoms with van der Waals surface area (Å²) in [6, 6.07) is 23.7. The van der Waals surface area contributed by atoms with Crippen LogP contribution in [0, 0.1) is 13.8 Å². The summed E-state index contributed by atoms with van der Waals surface area (Å²) < 4.78 is 5.85. The molecule has 0 heterocycles. The Morgan fingerprint density at radius 1 is 0.929 bits per heavy atom. The number of hydrogen-bond donors (Lipinski definition) is 1. The van der Waals surface area contributed by atoms with E-state index < -0.39 is 0 Å². The van der Waals surface area contributed by atoms with Gasteiger partial charge in [-0.2, -0.15) is 0 Å². The predicted octanol–water partition coefficient (Wildman–Crippen LogP) is 5.76. The monoisotopic (exact) mass is 373 g/mol. The lowest BCUT2D eigenvalue weighted by molar-refractivity contribution is 0.0935. The molecule has 3 nitrogen and oxygen atoms in total. The Morgan fingerprint density at radius 3 is 2.43 bits per heavy atom. The minimum atomic E-state index is -0.0877. The highest BCUT2D eigenvalue weighted by Gasteiger charge is 2.15. The largest absolute Gasteiger partial charge is 0.489 e. The molecule has 28 heavy (non-hydrogen) atoms. The molecule has 0 aliphatic rings. The van der Waals surface area contributed by atoms with Gasteiger partial charge in [0.2, 0.25) is 0 Å². The normalized spacial score (nSPS) is 11.7. The number of rotatable bonds is 7. The third-order valence-corrected chi connectivity index (χ3v) is 4.99. The lowest BCUT2D eigenvalue weighted by atomic mass is 9.99. The molecule has 0 aliphatic heterocycles. The van der Waals surface area contributed by atoms with Crippen LogP contribution in [0.2, 0.25) is 0 Å². The van der Waals surface area contributed by atoms with Gasteiger partial charge in [0, 0.05) is 5.56 Å². The lowest BCUT2D eigenvalue weighted by Crippen LogP contribution is -2.28. The molecule has 3 heteroatoms. The number of hydrogen-bond acceptors (Lipinski definition) is 2. The Hall–Kier alpha value is -3.07. The van der Waals surface area contributed by atoms with Crippen molar-refractivity contribution >= 4 is 5.91 Å². The molecule has 3 aromatic carbocycles. The zero-order valence-corrected chi connectivity index (χ0v) is 16.7. The molecule has 3 aromatic rings. The smallest absolute Gasteiger partial charge is 0.251 e. The van der Waals surface area contributed by atoms with Gasteiger partial charge in [0.15, 0.2) is 0 Å². The third-order valence-electron chi connectivity index (χ3n) is 4.99. The summed E-state index contributed by atoms with van der Waals surface area (Å²) in [6.07, 6.45) is 0.832. The van der Waals surface area contributed by atoms with Crippen LogP contribution in [0.4, 0.5) is 0 Å². The standard InChI is InChI=1S/C25H27NO2/c1-4-24(21-14-13-18(2)19(3)15-21)26-25(27)22-11-8-12-23(16-22)28-17-20-9-6-5-7-10-20/h5-16,24H,4,17H2,1-3H3,(H,26,27)/t24-/m0/s1. The Bertz CT molecular complexity index is 934. The van der Waals surface area contributed by atoms with Crippen molar-refractivity contribution in [3.63, 3.8) is 0 Å². The van der Waals surface area contributed by atoms with Crippen molar-refractivity contribution in [3.8, 4) is 5.75 Å². The van der Waals surface area contributed by atoms with E-state index in [-0.39, 0.29) is 11.9 Å². The van der Waals surface area contributed by atoms with Crippen LogP contribution in [0.1, 0.15) is 52.0 Å². The summed E-state index contributed by atoms with van der Waals surface area (Å²) in [7, 11) is 0. The van der Waals surface area contributed by atoms with E-state index in [0.29, 0.717) is 17.9 Å². The van der Waals surface area contributed by atoms with Crippen LogP contribution in [0.25, 0.3) is 0 Å². The second kappa shape index (κ2) is 9.23. The molecule has 0 saturated heterocycles. The Kier molecular flexibility index (Phi) is 6.49. The minimum absolute atomic E-state index is 0.0132. The van der Waals surface area contributed by atoms with Crippen LogP contribution in [0.5, 0.6) is 5.75 Å². The van der Waals surface area contributed by atoms with Gasteiger partial charge in [-0.05, 0) is 60.7 Å². The Labute approximate surface area is 167 Å². The van der Waals surface area contributed by atoms with Crippen LogP contribution in [0.3, 0.4) is 0 Å². The van der Waals surface area contributed by atoms with Gasteiger partial charge >= 0.3 is 0 Å². The second-order valence-corrected chi connectivity index (χ2v) is 7.08. The van der Waals surface area contributed by atoms with E-state index in [1.807, 2.05) is 48.5 Å². The van der Waals surface area contributed by atoms with Gasteiger partial charge in [-0.15, -0.1) is 0 Å². The van der Waals surface area contributed by atoms with Gasteiger partial charge in [-0.25, -0.2) is 0 Å². The van der Waals surface area contributed by atoms with Crippen LogP contribution in [-0.2, 0) is 6.61 Å². The molecule has 0 unspecified atom stereocenters. The van der Waals surface area contributed by atoms with Crippen molar-refractivity contribution < 1.29 is 9.53 Å². The van der Waals surface area contributed by atoms with E-state index in [0.717, 1.165) is 17.5 Å². The van der Waals surface area contributed by atoms with Crippen molar-refractivity contribution in [2.24, 2.45) is 0 Å². The highest BCUT2D eigenvalue weighted by molar-refractivity contribution is 5.94. The van der Waals surface area contributed by atoms with Gasteiger partial charge in [0.1, 0.15) is 12.4 Å². The first-order valence-electron chi connectivity index (χ1n) is 9.71. The number of aryl methyl sites for hydroxylation is 2. The zero-order chi connectivity index (χ0) is 19.9. The van der Waals surface area contributed by atoms with Crippen molar-refractivity contribution in [2.45, 2.75) is 39.8 Å². The van der Waals surface area contributed by atoms with Gasteiger partial charge < -0.3 is 10.1 Å². The van der Waals surface area contributed by atoms with Gasteiger partial charge in [-0.1, -0.05) is 61.5 Å². The minimum Gasteiger partial charge on any atom is -0.489 e. The summed E-state index contributed by atoms with van der Waals surface area (Å²) >= 11 is 0. The number of carbonyl (C=O) groups is 1. The Balaban J connectivity index is 1.68. The average Bonchev–Trinajstić information content (AvgIpc) is 2.73. The summed E-state index contributed by atoms with van der Waals surface area (Å²) in [6.45, 7) is 6.76. The second-order valence-electron chi connectivity index (χ2n) is 7.08. The molecule has 1 N–H and O–H groups in total. The van der Waals surface area contributed by atoms with Gasteiger partial charge in [-0.3, -0.25) is 4.79 Å². The van der Waals surface area contributed by atoms with E-state index in [2.05, 4.69) is 44.3 Å².